The number of hydrogen-bond acceptors (Lipinski definition) is 3. The van der Waals surface area contributed by atoms with Gasteiger partial charge in [0.25, 0.3) is 0 Å². The van der Waals surface area contributed by atoms with E-state index in [1.54, 1.807) is 6.08 Å². The molecule has 0 saturated heterocycles. The predicted molar refractivity (Wildman–Crippen MR) is 54.4 cm³/mol. The van der Waals surface area contributed by atoms with Gasteiger partial charge in [-0.15, -0.1) is 0 Å². The van der Waals surface area contributed by atoms with Crippen molar-refractivity contribution in [2.75, 3.05) is 14.2 Å². The molecule has 0 amide bonds. The van der Waals surface area contributed by atoms with Crippen molar-refractivity contribution in [1.29, 1.82) is 0 Å². The van der Waals surface area contributed by atoms with Crippen molar-refractivity contribution in [2.45, 2.75) is 5.97 Å². The normalized spacial score (nSPS) is 12.2. The number of methoxy groups -OCH3 is 2. The van der Waals surface area contributed by atoms with E-state index in [-0.39, 0.29) is 0 Å². The van der Waals surface area contributed by atoms with Crippen LogP contribution in [0, 0.1) is 0 Å². The van der Waals surface area contributed by atoms with Crippen molar-refractivity contribution in [2.24, 2.45) is 0 Å². The topological polar surface area (TPSA) is 38.7 Å². The smallest absolute Gasteiger partial charge is 0.301 e. The van der Waals surface area contributed by atoms with Gasteiger partial charge >= 0.3 is 5.97 Å². The van der Waals surface area contributed by atoms with Crippen molar-refractivity contribution < 1.29 is 14.6 Å². The molecular weight excluding hydrogens is 180 g/mol. The summed E-state index contributed by atoms with van der Waals surface area (Å²) in [5, 5.41) is 9.56. The van der Waals surface area contributed by atoms with Crippen LogP contribution >= 0.6 is 0 Å². The van der Waals surface area contributed by atoms with E-state index in [1.807, 2.05) is 30.3 Å². The summed E-state index contributed by atoms with van der Waals surface area (Å²) in [6, 6.07) is 9.59. The summed E-state index contributed by atoms with van der Waals surface area (Å²) < 4.78 is 9.51. The van der Waals surface area contributed by atoms with Gasteiger partial charge in [0.05, 0.1) is 0 Å². The lowest BCUT2D eigenvalue weighted by molar-refractivity contribution is -0.304. The summed E-state index contributed by atoms with van der Waals surface area (Å²) in [5.74, 6) is -1.64. The molecular formula is C11H14O3. The lowest BCUT2D eigenvalue weighted by Crippen LogP contribution is -2.30. The van der Waals surface area contributed by atoms with Crippen molar-refractivity contribution in [3.63, 3.8) is 0 Å². The summed E-state index contributed by atoms with van der Waals surface area (Å²) >= 11 is 0. The van der Waals surface area contributed by atoms with Crippen LogP contribution in [0.4, 0.5) is 0 Å². The summed E-state index contributed by atoms with van der Waals surface area (Å²) in [4.78, 5) is 0. The second kappa shape index (κ2) is 4.91. The molecule has 1 rings (SSSR count). The average Bonchev–Trinajstić information content (AvgIpc) is 2.27. The Morgan fingerprint density at radius 1 is 1.14 bits per heavy atom. The SMILES string of the molecule is COC(O)(C=Cc1ccccc1)OC. The minimum atomic E-state index is -1.64. The Hall–Kier alpha value is -1.16. The van der Waals surface area contributed by atoms with Crippen molar-refractivity contribution >= 4 is 6.08 Å². The molecule has 0 saturated carbocycles. The lowest BCUT2D eigenvalue weighted by Gasteiger charge is -2.19. The van der Waals surface area contributed by atoms with E-state index < -0.39 is 5.97 Å². The Morgan fingerprint density at radius 2 is 1.71 bits per heavy atom. The average molecular weight is 194 g/mol. The van der Waals surface area contributed by atoms with Crippen LogP contribution < -0.4 is 0 Å². The molecule has 3 nitrogen and oxygen atoms in total. The van der Waals surface area contributed by atoms with Crippen molar-refractivity contribution in [1.82, 2.24) is 0 Å². The second-order valence-electron chi connectivity index (χ2n) is 2.78. The maximum absolute atomic E-state index is 9.56. The van der Waals surface area contributed by atoms with Gasteiger partial charge in [0.15, 0.2) is 0 Å². The molecule has 1 aromatic carbocycles. The van der Waals surface area contributed by atoms with Gasteiger partial charge in [-0.3, -0.25) is 0 Å². The maximum Gasteiger partial charge on any atom is 0.301 e. The molecule has 0 aromatic heterocycles. The molecule has 0 fully saturated rings. The Balaban J connectivity index is 2.72. The molecule has 1 aromatic rings. The zero-order valence-corrected chi connectivity index (χ0v) is 8.31. The van der Waals surface area contributed by atoms with Gasteiger partial charge in [0, 0.05) is 20.3 Å². The summed E-state index contributed by atoms with van der Waals surface area (Å²) in [5.41, 5.74) is 0.972. The summed E-state index contributed by atoms with van der Waals surface area (Å²) in [6.07, 6.45) is 3.18. The van der Waals surface area contributed by atoms with E-state index in [0.717, 1.165) is 5.56 Å². The van der Waals surface area contributed by atoms with Crippen LogP contribution in [0.3, 0.4) is 0 Å². The highest BCUT2D eigenvalue weighted by Gasteiger charge is 2.20. The van der Waals surface area contributed by atoms with Gasteiger partial charge in [-0.2, -0.15) is 0 Å². The van der Waals surface area contributed by atoms with E-state index in [2.05, 4.69) is 0 Å². The first-order valence-corrected chi connectivity index (χ1v) is 4.27. The van der Waals surface area contributed by atoms with Crippen molar-refractivity contribution in [3.8, 4) is 0 Å². The van der Waals surface area contributed by atoms with Crippen LogP contribution in [-0.2, 0) is 9.47 Å². The largest absolute Gasteiger partial charge is 0.340 e. The third-order valence-electron chi connectivity index (χ3n) is 1.87. The Bertz CT molecular complexity index is 289. The predicted octanol–water partition coefficient (Wildman–Crippen LogP) is 1.64. The number of benzene rings is 1. The minimum Gasteiger partial charge on any atom is -0.340 e. The van der Waals surface area contributed by atoms with Gasteiger partial charge in [-0.25, -0.2) is 0 Å². The highest BCUT2D eigenvalue weighted by atomic mass is 16.8. The van der Waals surface area contributed by atoms with E-state index >= 15 is 0 Å². The van der Waals surface area contributed by atoms with Gasteiger partial charge in [0.2, 0.25) is 0 Å². The van der Waals surface area contributed by atoms with Crippen molar-refractivity contribution in [3.05, 3.63) is 42.0 Å². The molecule has 0 bridgehead atoms. The summed E-state index contributed by atoms with van der Waals surface area (Å²) in [7, 11) is 2.75. The van der Waals surface area contributed by atoms with Crippen LogP contribution in [0.5, 0.6) is 0 Å². The molecule has 0 aliphatic heterocycles. The molecule has 0 aliphatic carbocycles. The quantitative estimate of drug-likeness (QED) is 0.740. The molecule has 0 radical (unpaired) electrons. The first-order chi connectivity index (χ1) is 6.70. The number of ether oxygens (including phenoxy) is 2. The standard InChI is InChI=1S/C11H14O3/c1-13-11(12,14-2)9-8-10-6-4-3-5-7-10/h3-9,12H,1-2H3. The minimum absolute atomic E-state index is 0.972. The molecule has 0 spiro atoms. The fourth-order valence-electron chi connectivity index (χ4n) is 0.985. The van der Waals surface area contributed by atoms with Gasteiger partial charge in [0.1, 0.15) is 0 Å². The zero-order chi connectivity index (χ0) is 10.4. The molecule has 14 heavy (non-hydrogen) atoms. The molecule has 0 aliphatic rings. The van der Waals surface area contributed by atoms with Crippen LogP contribution in [0.2, 0.25) is 0 Å². The highest BCUT2D eigenvalue weighted by Crippen LogP contribution is 2.11. The van der Waals surface area contributed by atoms with E-state index in [9.17, 15) is 5.11 Å². The number of hydrogen-bond donors (Lipinski definition) is 1. The van der Waals surface area contributed by atoms with Crippen LogP contribution in [-0.4, -0.2) is 25.3 Å². The van der Waals surface area contributed by atoms with Gasteiger partial charge < -0.3 is 14.6 Å². The molecule has 76 valence electrons. The van der Waals surface area contributed by atoms with E-state index in [1.165, 1.54) is 20.3 Å². The molecule has 1 N–H and O–H groups in total. The Morgan fingerprint density at radius 3 is 2.21 bits per heavy atom. The Kier molecular flexibility index (Phi) is 3.83. The number of aliphatic hydroxyl groups is 1. The highest BCUT2D eigenvalue weighted by molar-refractivity contribution is 5.49. The van der Waals surface area contributed by atoms with E-state index in [0.29, 0.717) is 0 Å². The monoisotopic (exact) mass is 194 g/mol. The zero-order valence-electron chi connectivity index (χ0n) is 8.31. The van der Waals surface area contributed by atoms with Crippen LogP contribution in [0.15, 0.2) is 36.4 Å². The molecule has 3 heteroatoms. The molecule has 0 atom stereocenters. The summed E-state index contributed by atoms with van der Waals surface area (Å²) in [6.45, 7) is 0. The van der Waals surface area contributed by atoms with Gasteiger partial charge in [-0.05, 0) is 5.56 Å². The van der Waals surface area contributed by atoms with Crippen LogP contribution in [0.25, 0.3) is 6.08 Å². The maximum atomic E-state index is 9.56. The first-order valence-electron chi connectivity index (χ1n) is 4.27. The van der Waals surface area contributed by atoms with E-state index in [4.69, 9.17) is 9.47 Å². The van der Waals surface area contributed by atoms with Crippen LogP contribution in [0.1, 0.15) is 5.56 Å². The molecule has 0 unspecified atom stereocenters. The third-order valence-corrected chi connectivity index (χ3v) is 1.87. The lowest BCUT2D eigenvalue weighted by atomic mass is 10.2. The number of rotatable bonds is 4. The van der Waals surface area contributed by atoms with Gasteiger partial charge in [-0.1, -0.05) is 36.4 Å². The third kappa shape index (κ3) is 2.96. The molecule has 0 heterocycles. The second-order valence-corrected chi connectivity index (χ2v) is 2.78. The first kappa shape index (κ1) is 10.9. The fraction of sp³-hybridized carbons (Fsp3) is 0.273. The Labute approximate surface area is 83.6 Å². The fourth-order valence-corrected chi connectivity index (χ4v) is 0.985.